The molecule has 1 heterocycles. The van der Waals surface area contributed by atoms with Crippen molar-refractivity contribution in [2.75, 3.05) is 5.73 Å². The second-order valence-electron chi connectivity index (χ2n) is 5.06. The van der Waals surface area contributed by atoms with E-state index >= 15 is 0 Å². The summed E-state index contributed by atoms with van der Waals surface area (Å²) in [5.41, 5.74) is 9.67. The van der Waals surface area contributed by atoms with E-state index in [-0.39, 0.29) is 0 Å². The van der Waals surface area contributed by atoms with Crippen LogP contribution in [0, 0.1) is 18.3 Å². The summed E-state index contributed by atoms with van der Waals surface area (Å²) in [6.07, 6.45) is 2.74. The predicted octanol–water partition coefficient (Wildman–Crippen LogP) is 3.04. The Bertz CT molecular complexity index is 634. The third-order valence-corrected chi connectivity index (χ3v) is 3.35. The van der Waals surface area contributed by atoms with Gasteiger partial charge in [0.25, 0.3) is 0 Å². The molecule has 104 valence electrons. The highest BCUT2D eigenvalue weighted by Gasteiger charge is 2.15. The summed E-state index contributed by atoms with van der Waals surface area (Å²) in [5, 5.41) is 13.8. The molecule has 1 aromatic heterocycles. The highest BCUT2D eigenvalue weighted by atomic mass is 15.3. The molecule has 0 spiro atoms. The molecular weight excluding hydrogens is 248 g/mol. The van der Waals surface area contributed by atoms with Gasteiger partial charge in [-0.1, -0.05) is 43.2 Å². The standard InChI is InChI=1S/C16H20N4/c1-3-4-8-20-16(18)14(11-17)15(19-20)10-13-7-5-6-12(2)9-13/h5-7,9H,3-4,8,10,18H2,1-2H3. The summed E-state index contributed by atoms with van der Waals surface area (Å²) >= 11 is 0. The van der Waals surface area contributed by atoms with Crippen LogP contribution >= 0.6 is 0 Å². The second kappa shape index (κ2) is 6.25. The Morgan fingerprint density at radius 3 is 2.85 bits per heavy atom. The van der Waals surface area contributed by atoms with Gasteiger partial charge in [-0.2, -0.15) is 10.4 Å². The van der Waals surface area contributed by atoms with E-state index in [2.05, 4.69) is 43.2 Å². The van der Waals surface area contributed by atoms with Crippen LogP contribution in [0.2, 0.25) is 0 Å². The van der Waals surface area contributed by atoms with Crippen molar-refractivity contribution < 1.29 is 0 Å². The number of rotatable bonds is 5. The number of nitrogens with zero attached hydrogens (tertiary/aromatic N) is 3. The molecule has 0 unspecified atom stereocenters. The first kappa shape index (κ1) is 14.1. The first-order valence-corrected chi connectivity index (χ1v) is 6.96. The van der Waals surface area contributed by atoms with Crippen LogP contribution in [0.1, 0.15) is 42.1 Å². The highest BCUT2D eigenvalue weighted by Crippen LogP contribution is 2.20. The van der Waals surface area contributed by atoms with E-state index in [4.69, 9.17) is 5.73 Å². The fraction of sp³-hybridized carbons (Fsp3) is 0.375. The fourth-order valence-electron chi connectivity index (χ4n) is 2.27. The average Bonchev–Trinajstić information content (AvgIpc) is 2.72. The molecule has 1 aromatic carbocycles. The molecule has 0 aliphatic rings. The molecule has 0 fully saturated rings. The molecule has 20 heavy (non-hydrogen) atoms. The second-order valence-corrected chi connectivity index (χ2v) is 5.06. The number of aryl methyl sites for hydroxylation is 2. The number of hydrogen-bond donors (Lipinski definition) is 1. The molecule has 4 nitrogen and oxygen atoms in total. The van der Waals surface area contributed by atoms with Crippen LogP contribution in [0.25, 0.3) is 0 Å². The number of nitrogens with two attached hydrogens (primary N) is 1. The quantitative estimate of drug-likeness (QED) is 0.906. The van der Waals surface area contributed by atoms with E-state index in [0.717, 1.165) is 30.6 Å². The Hall–Kier alpha value is -2.28. The largest absolute Gasteiger partial charge is 0.383 e. The van der Waals surface area contributed by atoms with Crippen LogP contribution in [0.15, 0.2) is 24.3 Å². The van der Waals surface area contributed by atoms with Gasteiger partial charge in [0.1, 0.15) is 17.5 Å². The zero-order valence-corrected chi connectivity index (χ0v) is 12.1. The number of anilines is 1. The average molecular weight is 268 g/mol. The van der Waals surface area contributed by atoms with Gasteiger partial charge in [-0.15, -0.1) is 0 Å². The van der Waals surface area contributed by atoms with Crippen molar-refractivity contribution in [3.05, 3.63) is 46.6 Å². The van der Waals surface area contributed by atoms with E-state index in [1.54, 1.807) is 4.68 Å². The van der Waals surface area contributed by atoms with Crippen molar-refractivity contribution in [2.45, 2.75) is 39.7 Å². The van der Waals surface area contributed by atoms with Crippen molar-refractivity contribution in [3.63, 3.8) is 0 Å². The Labute approximate surface area is 119 Å². The van der Waals surface area contributed by atoms with Crippen LogP contribution in [-0.2, 0) is 13.0 Å². The van der Waals surface area contributed by atoms with Gasteiger partial charge in [0.2, 0.25) is 0 Å². The van der Waals surface area contributed by atoms with Crippen LogP contribution < -0.4 is 5.73 Å². The lowest BCUT2D eigenvalue weighted by molar-refractivity contribution is 0.573. The molecule has 0 radical (unpaired) electrons. The summed E-state index contributed by atoms with van der Waals surface area (Å²) in [6, 6.07) is 10.4. The summed E-state index contributed by atoms with van der Waals surface area (Å²) in [6.45, 7) is 4.95. The van der Waals surface area contributed by atoms with Gasteiger partial charge in [0, 0.05) is 13.0 Å². The molecule has 2 N–H and O–H groups in total. The summed E-state index contributed by atoms with van der Waals surface area (Å²) < 4.78 is 1.76. The molecule has 2 aromatic rings. The van der Waals surface area contributed by atoms with E-state index in [1.807, 2.05) is 6.07 Å². The zero-order valence-electron chi connectivity index (χ0n) is 12.1. The molecule has 0 amide bonds. The van der Waals surface area contributed by atoms with Crippen molar-refractivity contribution >= 4 is 5.82 Å². The molecule has 2 rings (SSSR count). The molecule has 0 saturated heterocycles. The van der Waals surface area contributed by atoms with E-state index in [1.165, 1.54) is 5.56 Å². The van der Waals surface area contributed by atoms with E-state index < -0.39 is 0 Å². The summed E-state index contributed by atoms with van der Waals surface area (Å²) in [5.74, 6) is 0.489. The smallest absolute Gasteiger partial charge is 0.140 e. The SMILES string of the molecule is CCCCn1nc(Cc2cccc(C)c2)c(C#N)c1N. The Morgan fingerprint density at radius 2 is 2.20 bits per heavy atom. The minimum atomic E-state index is 0.489. The number of unbranched alkanes of at least 4 members (excludes halogenated alkanes) is 1. The number of aromatic nitrogens is 2. The Balaban J connectivity index is 2.29. The molecule has 0 aliphatic carbocycles. The number of nitriles is 1. The molecule has 0 atom stereocenters. The van der Waals surface area contributed by atoms with E-state index in [9.17, 15) is 5.26 Å². The molecule has 0 aliphatic heterocycles. The lowest BCUT2D eigenvalue weighted by Crippen LogP contribution is -2.05. The maximum absolute atomic E-state index is 9.29. The lowest BCUT2D eigenvalue weighted by Gasteiger charge is -2.01. The predicted molar refractivity (Wildman–Crippen MR) is 80.2 cm³/mol. The van der Waals surface area contributed by atoms with Crippen LogP contribution in [0.3, 0.4) is 0 Å². The number of benzene rings is 1. The van der Waals surface area contributed by atoms with Gasteiger partial charge in [-0.3, -0.25) is 0 Å². The fourth-order valence-corrected chi connectivity index (χ4v) is 2.27. The number of hydrogen-bond acceptors (Lipinski definition) is 3. The van der Waals surface area contributed by atoms with Gasteiger partial charge in [-0.25, -0.2) is 4.68 Å². The maximum atomic E-state index is 9.29. The monoisotopic (exact) mass is 268 g/mol. The van der Waals surface area contributed by atoms with Crippen molar-refractivity contribution in [1.29, 1.82) is 5.26 Å². The third kappa shape index (κ3) is 3.00. The molecule has 4 heteroatoms. The van der Waals surface area contributed by atoms with Gasteiger partial charge in [0.15, 0.2) is 0 Å². The van der Waals surface area contributed by atoms with E-state index in [0.29, 0.717) is 17.8 Å². The van der Waals surface area contributed by atoms with Crippen LogP contribution in [-0.4, -0.2) is 9.78 Å². The lowest BCUT2D eigenvalue weighted by atomic mass is 10.1. The van der Waals surface area contributed by atoms with Crippen molar-refractivity contribution in [1.82, 2.24) is 9.78 Å². The van der Waals surface area contributed by atoms with Gasteiger partial charge >= 0.3 is 0 Å². The highest BCUT2D eigenvalue weighted by molar-refractivity contribution is 5.53. The minimum absolute atomic E-state index is 0.489. The topological polar surface area (TPSA) is 67.6 Å². The summed E-state index contributed by atoms with van der Waals surface area (Å²) in [7, 11) is 0. The Kier molecular flexibility index (Phi) is 4.41. The van der Waals surface area contributed by atoms with Crippen LogP contribution in [0.5, 0.6) is 0 Å². The first-order chi connectivity index (χ1) is 9.65. The number of nitrogen functional groups attached to an aromatic ring is 1. The van der Waals surface area contributed by atoms with Gasteiger partial charge < -0.3 is 5.73 Å². The van der Waals surface area contributed by atoms with Crippen LogP contribution in [0.4, 0.5) is 5.82 Å². The van der Waals surface area contributed by atoms with Crippen molar-refractivity contribution in [3.8, 4) is 6.07 Å². The first-order valence-electron chi connectivity index (χ1n) is 6.96. The molecular formula is C16H20N4. The minimum Gasteiger partial charge on any atom is -0.383 e. The Morgan fingerprint density at radius 1 is 1.40 bits per heavy atom. The third-order valence-electron chi connectivity index (χ3n) is 3.35. The zero-order chi connectivity index (χ0) is 14.5. The maximum Gasteiger partial charge on any atom is 0.140 e. The van der Waals surface area contributed by atoms with Gasteiger partial charge in [-0.05, 0) is 18.9 Å². The molecule has 0 saturated carbocycles. The molecule has 0 bridgehead atoms. The summed E-state index contributed by atoms with van der Waals surface area (Å²) in [4.78, 5) is 0. The van der Waals surface area contributed by atoms with Crippen molar-refractivity contribution in [2.24, 2.45) is 0 Å². The van der Waals surface area contributed by atoms with Gasteiger partial charge in [0.05, 0.1) is 5.69 Å². The normalized spacial score (nSPS) is 10.4.